The number of rotatable bonds is 3. The molecule has 1 saturated heterocycles. The first-order chi connectivity index (χ1) is 31.1. The van der Waals surface area contributed by atoms with E-state index in [-0.39, 0.29) is 39.5 Å². The molecule has 22 nitrogen and oxygen atoms in total. The summed E-state index contributed by atoms with van der Waals surface area (Å²) in [5.41, 5.74) is 15.8. The fourth-order valence-electron chi connectivity index (χ4n) is 2.86. The van der Waals surface area contributed by atoms with Crippen LogP contribution in [0.5, 0.6) is 0 Å². The number of carbonyl (C=O) groups is 1. The van der Waals surface area contributed by atoms with Crippen LogP contribution in [0.4, 0.5) is 11.7 Å². The van der Waals surface area contributed by atoms with E-state index in [9.17, 15) is 4.91 Å². The van der Waals surface area contributed by atoms with Crippen molar-refractivity contribution < 1.29 is 42.6 Å². The van der Waals surface area contributed by atoms with E-state index < -0.39 is 25.6 Å². The molecule has 25 heteroatoms. The number of nitrogens with two attached hydrogens (primary N) is 3. The first-order valence-corrected chi connectivity index (χ1v) is 23.6. The Labute approximate surface area is 403 Å². The van der Waals surface area contributed by atoms with Crippen LogP contribution < -0.4 is 22.5 Å². The summed E-state index contributed by atoms with van der Waals surface area (Å²) in [4.78, 5) is 40.2. The third kappa shape index (κ3) is 48.5. The lowest BCUT2D eigenvalue weighted by Gasteiger charge is -2.22. The fourth-order valence-corrected chi connectivity index (χ4v) is 3.05. The number of hydrogen-bond donors (Lipinski definition) is 6. The van der Waals surface area contributed by atoms with Crippen LogP contribution >= 0.6 is 22.7 Å². The molecule has 2 unspecified atom stereocenters. The van der Waals surface area contributed by atoms with Crippen LogP contribution in [0.2, 0.25) is 24.8 Å². The monoisotopic (exact) mass is 994 g/mol. The number of primary amides is 1. The summed E-state index contributed by atoms with van der Waals surface area (Å²) < 4.78 is 23.7. The van der Waals surface area contributed by atoms with Crippen molar-refractivity contribution in [1.29, 1.82) is 10.5 Å². The van der Waals surface area contributed by atoms with Gasteiger partial charge < -0.3 is 65.1 Å². The predicted octanol–water partition coefficient (Wildman–Crippen LogP) is 7.30. The Bertz CT molecular complexity index is 2040. The minimum atomic E-state index is -1.14. The van der Waals surface area contributed by atoms with Gasteiger partial charge in [0.2, 0.25) is 23.7 Å². The van der Waals surface area contributed by atoms with E-state index in [0.717, 1.165) is 23.9 Å². The largest absolute Gasteiger partial charge is 0.448 e. The van der Waals surface area contributed by atoms with Crippen molar-refractivity contribution in [2.75, 3.05) is 44.3 Å². The second-order valence-electron chi connectivity index (χ2n) is 12.8. The first kappa shape index (κ1) is 71.8. The van der Waals surface area contributed by atoms with Gasteiger partial charge in [-0.05, 0) is 59.0 Å². The maximum Gasteiger partial charge on any atom is 0.298 e. The van der Waals surface area contributed by atoms with E-state index >= 15 is 0 Å². The number of nitrogen functional groups attached to an aromatic ring is 2. The van der Waals surface area contributed by atoms with Crippen LogP contribution in [0, 0.1) is 59.3 Å². The van der Waals surface area contributed by atoms with E-state index in [2.05, 4.69) is 119 Å². The SMILES string of the molecule is C.C#C.C#CC.CC(C)(C)ON=O.CCNCC.C[Si](C)(C)Cl.Clc1ncnc2occc12.N#Cc1ccoc1N.NC=O.Nc1ncnc2occc12.OC1COC(O)CO1.[C-]#[N+]CC#N. The molecule has 0 radical (unpaired) electrons. The quantitative estimate of drug-likeness (QED) is 0.0119. The fraction of sp³-hybridized carbons (Fsp3) is 0.429. The van der Waals surface area contributed by atoms with Gasteiger partial charge in [-0.1, -0.05) is 52.5 Å². The van der Waals surface area contributed by atoms with Crippen LogP contribution in [0.3, 0.4) is 0 Å². The van der Waals surface area contributed by atoms with Crippen LogP contribution in [-0.2, 0) is 19.1 Å². The average molecular weight is 996 g/mol. The summed E-state index contributed by atoms with van der Waals surface area (Å²) in [5.74, 6) is 2.89. The van der Waals surface area contributed by atoms with Gasteiger partial charge in [-0.2, -0.15) is 21.6 Å². The van der Waals surface area contributed by atoms with Crippen LogP contribution in [0.25, 0.3) is 27.0 Å². The van der Waals surface area contributed by atoms with Gasteiger partial charge in [0.25, 0.3) is 6.54 Å². The molecule has 0 saturated carbocycles. The number of aliphatic hydroxyl groups excluding tert-OH is 2. The van der Waals surface area contributed by atoms with Gasteiger partial charge in [0.05, 0.1) is 29.6 Å². The lowest BCUT2D eigenvalue weighted by atomic mass is 10.2. The highest BCUT2D eigenvalue weighted by Crippen LogP contribution is 2.19. The molecule has 1 fully saturated rings. The number of carbonyl (C=O) groups excluding carboxylic acids is 1. The third-order valence-electron chi connectivity index (χ3n) is 5.14. The standard InChI is InChI=1S/C6H3ClN2O.C6H5N3O.C5H4N2O.C4H9NO2.C4H11N.C4H8O4.C3H9ClSi.C3H2N2.C3H4.C2H2.CH3NO.CH4/c2*7-5-4-1-2-10-6(4)9-3-8-5;6-3-4-1-2-8-5(4)7;1-4(2,3)7-5-6;1-3-5-4-2;5-3-1-7-4(6)2-8-3;1-5(2,3)4;1-5-3-2-4;1-3-2;1-2;2-1-3;/h1-3H;1-3H,(H2,7,8,9);1-2H,7H2;1-3H3;5H,3-4H2,1-2H3;3-6H,1-2H2;1-3H3;3H2;1H,2H3;1-2H;1H,(H2,2,3);1H4. The first-order valence-electron chi connectivity index (χ1n) is 18.7. The summed E-state index contributed by atoms with van der Waals surface area (Å²) >= 11 is 11.4. The van der Waals surface area contributed by atoms with Gasteiger partial charge in [-0.3, -0.25) is 4.79 Å². The summed E-state index contributed by atoms with van der Waals surface area (Å²) in [5, 5.41) is 40.3. The Morgan fingerprint density at radius 1 is 0.970 bits per heavy atom. The summed E-state index contributed by atoms with van der Waals surface area (Å²) in [6.07, 6.45) is 18.3. The molecule has 1 aliphatic rings. The highest BCUT2D eigenvalue weighted by atomic mass is 35.6. The van der Waals surface area contributed by atoms with Crippen molar-refractivity contribution in [3.63, 3.8) is 0 Å². The topological polar surface area (TPSA) is 348 Å². The molecule has 1 aliphatic heterocycles. The number of halogens is 2. The molecular weight excluding hydrogens is 932 g/mol. The van der Waals surface area contributed by atoms with Crippen molar-refractivity contribution in [3.05, 3.63) is 76.7 Å². The third-order valence-corrected chi connectivity index (χ3v) is 5.45. The molecular formula is C42H64Cl2N12O10Si. The Morgan fingerprint density at radius 2 is 1.39 bits per heavy atom. The van der Waals surface area contributed by atoms with E-state index in [1.54, 1.807) is 45.9 Å². The molecule has 2 atom stereocenters. The van der Waals surface area contributed by atoms with Crippen molar-refractivity contribution in [2.45, 2.75) is 86.8 Å². The number of ether oxygens (including phenoxy) is 2. The Morgan fingerprint density at radius 3 is 1.64 bits per heavy atom. The minimum absolute atomic E-state index is 0. The second kappa shape index (κ2) is 47.1. The minimum Gasteiger partial charge on any atom is -0.448 e. The maximum absolute atomic E-state index is 9.35. The van der Waals surface area contributed by atoms with Gasteiger partial charge in [-0.15, -0.1) is 30.1 Å². The number of aromatic nitrogens is 4. The number of hydrogen-bond acceptors (Lipinski definition) is 20. The second-order valence-corrected chi connectivity index (χ2v) is 20.7. The summed E-state index contributed by atoms with van der Waals surface area (Å²) in [7, 11) is -1.14. The zero-order chi connectivity index (χ0) is 52.0. The van der Waals surface area contributed by atoms with Crippen molar-refractivity contribution in [2.24, 2.45) is 11.1 Å². The molecule has 0 bridgehead atoms. The number of nitriles is 2. The van der Waals surface area contributed by atoms with Gasteiger partial charge >= 0.3 is 0 Å². The Balaban J connectivity index is -0.000000157. The van der Waals surface area contributed by atoms with Gasteiger partial charge in [-0.25, -0.2) is 26.5 Å². The van der Waals surface area contributed by atoms with E-state index in [1.165, 1.54) is 37.5 Å². The average Bonchev–Trinajstić information content (AvgIpc) is 4.04. The van der Waals surface area contributed by atoms with Crippen LogP contribution in [0.1, 0.15) is 54.5 Å². The Kier molecular flexibility index (Phi) is 50.5. The zero-order valence-corrected chi connectivity index (χ0v) is 40.9. The van der Waals surface area contributed by atoms with Crippen molar-refractivity contribution in [1.82, 2.24) is 25.3 Å². The summed E-state index contributed by atoms with van der Waals surface area (Å²) in [6.45, 7) is 25.7. The van der Waals surface area contributed by atoms with E-state index in [0.29, 0.717) is 28.0 Å². The van der Waals surface area contributed by atoms with E-state index in [1.807, 2.05) is 6.07 Å². The van der Waals surface area contributed by atoms with E-state index in [4.69, 9.17) is 75.1 Å². The van der Waals surface area contributed by atoms with Gasteiger partial charge in [0.1, 0.15) is 67.5 Å². The molecule has 9 N–H and O–H groups in total. The lowest BCUT2D eigenvalue weighted by molar-refractivity contribution is -0.263. The molecule has 370 valence electrons. The molecule has 5 aromatic heterocycles. The Hall–Kier alpha value is -6.82. The number of fused-ring (bicyclic) bond motifs is 2. The molecule has 1 amide bonds. The lowest BCUT2D eigenvalue weighted by Crippen LogP contribution is -2.34. The number of nitrogens with zero attached hydrogens (tertiary/aromatic N) is 8. The maximum atomic E-state index is 9.35. The molecule has 0 aromatic carbocycles. The van der Waals surface area contributed by atoms with Gasteiger partial charge in [0, 0.05) is 0 Å². The van der Waals surface area contributed by atoms with Crippen molar-refractivity contribution in [3.8, 4) is 37.3 Å². The zero-order valence-electron chi connectivity index (χ0n) is 38.3. The molecule has 5 aromatic rings. The van der Waals surface area contributed by atoms with Crippen LogP contribution in [0.15, 0.2) is 68.2 Å². The molecule has 6 heterocycles. The number of amides is 1. The summed E-state index contributed by atoms with van der Waals surface area (Å²) in [6, 6.07) is 8.52. The highest BCUT2D eigenvalue weighted by Gasteiger charge is 2.16. The number of anilines is 2. The normalized spacial score (nSPS) is 12.2. The number of furan rings is 3. The predicted molar refractivity (Wildman–Crippen MR) is 263 cm³/mol. The number of terminal acetylenes is 2. The molecule has 67 heavy (non-hydrogen) atoms. The molecule has 0 spiro atoms. The number of aliphatic hydroxyl groups is 2. The molecule has 0 aliphatic carbocycles. The smallest absolute Gasteiger partial charge is 0.298 e. The number of nitrogens with one attached hydrogen (secondary N) is 1. The van der Waals surface area contributed by atoms with Gasteiger partial charge in [0.15, 0.2) is 17.9 Å². The van der Waals surface area contributed by atoms with Crippen LogP contribution in [-0.4, -0.2) is 95.0 Å². The van der Waals surface area contributed by atoms with Crippen molar-refractivity contribution >= 4 is 70.4 Å². The molecule has 6 rings (SSSR count). The highest BCUT2D eigenvalue weighted by molar-refractivity contribution is 7.18.